The minimum absolute atomic E-state index is 0.197. The van der Waals surface area contributed by atoms with E-state index < -0.39 is 16.8 Å². The van der Waals surface area contributed by atoms with Crippen LogP contribution in [-0.2, 0) is 9.53 Å². The van der Waals surface area contributed by atoms with E-state index in [9.17, 15) is 4.79 Å². The molecule has 0 aliphatic heterocycles. The first-order valence-corrected chi connectivity index (χ1v) is 14.1. The lowest BCUT2D eigenvalue weighted by atomic mass is 9.97. The number of fused-ring (bicyclic) bond motifs is 3. The van der Waals surface area contributed by atoms with E-state index in [4.69, 9.17) is 9.47 Å². The summed E-state index contributed by atoms with van der Waals surface area (Å²) in [6, 6.07) is 45.6. The van der Waals surface area contributed by atoms with E-state index in [1.54, 1.807) is 0 Å². The first-order chi connectivity index (χ1) is 18.8. The lowest BCUT2D eigenvalue weighted by Gasteiger charge is -2.23. The number of thiol groups is 1. The molecule has 0 saturated carbocycles. The van der Waals surface area contributed by atoms with Crippen molar-refractivity contribution in [3.63, 3.8) is 0 Å². The van der Waals surface area contributed by atoms with Crippen molar-refractivity contribution >= 4 is 16.9 Å². The minimum atomic E-state index is -0.656. The van der Waals surface area contributed by atoms with Gasteiger partial charge in [-0.1, -0.05) is 84.9 Å². The van der Waals surface area contributed by atoms with Crippen molar-refractivity contribution < 1.29 is 14.3 Å². The average molecular weight is 517 g/mol. The highest BCUT2D eigenvalue weighted by atomic mass is 32.2. The monoisotopic (exact) mass is 516 g/mol. The van der Waals surface area contributed by atoms with Crippen molar-refractivity contribution in [2.45, 2.75) is 20.6 Å². The van der Waals surface area contributed by atoms with Gasteiger partial charge >= 0.3 is 5.97 Å². The average Bonchev–Trinajstić information content (AvgIpc) is 3.32. The number of hydrogen-bond acceptors (Lipinski definition) is 3. The molecule has 188 valence electrons. The summed E-state index contributed by atoms with van der Waals surface area (Å²) in [7, 11) is -0.656. The summed E-state index contributed by atoms with van der Waals surface area (Å²) in [6.07, 6.45) is 0. The van der Waals surface area contributed by atoms with Gasteiger partial charge in [-0.2, -0.15) is 10.9 Å². The molecule has 0 fully saturated rings. The molecule has 38 heavy (non-hydrogen) atoms. The highest BCUT2D eigenvalue weighted by molar-refractivity contribution is 8.17. The smallest absolute Gasteiger partial charge is 0.318 e. The van der Waals surface area contributed by atoms with Crippen LogP contribution in [0.3, 0.4) is 0 Å². The first kappa shape index (κ1) is 24.1. The Morgan fingerprint density at radius 3 is 1.58 bits per heavy atom. The van der Waals surface area contributed by atoms with Crippen molar-refractivity contribution in [1.29, 1.82) is 0 Å². The zero-order chi connectivity index (χ0) is 25.7. The minimum Gasteiger partial charge on any atom is -0.490 e. The second-order valence-corrected chi connectivity index (χ2v) is 11.3. The molecule has 6 rings (SSSR count). The van der Waals surface area contributed by atoms with Gasteiger partial charge in [0.1, 0.15) is 24.9 Å². The van der Waals surface area contributed by atoms with Crippen LogP contribution in [0.25, 0.3) is 11.1 Å². The second-order valence-electron chi connectivity index (χ2n) is 9.12. The van der Waals surface area contributed by atoms with Gasteiger partial charge in [0.05, 0.1) is 0 Å². The standard InChI is InChI=1S/C34H28O3S/c35-34(33-31-17-9-7-15-29(31)30-16-8-10-18-32(30)33)37-24-23-36-25-19-21-28(22-20-25)38(26-11-3-1-4-12-26)27-13-5-2-6-14-27/h1-22,33,38H,23-24H2. The van der Waals surface area contributed by atoms with Gasteiger partial charge < -0.3 is 9.47 Å². The Hall–Kier alpha value is -4.28. The van der Waals surface area contributed by atoms with Crippen molar-refractivity contribution in [3.05, 3.63) is 145 Å². The van der Waals surface area contributed by atoms with Crippen LogP contribution in [-0.4, -0.2) is 19.2 Å². The molecule has 0 unspecified atom stereocenters. The Bertz CT molecular complexity index is 1450. The van der Waals surface area contributed by atoms with E-state index in [0.717, 1.165) is 28.0 Å². The Labute approximate surface area is 226 Å². The van der Waals surface area contributed by atoms with Gasteiger partial charge in [0.15, 0.2) is 0 Å². The summed E-state index contributed by atoms with van der Waals surface area (Å²) in [5, 5.41) is 0. The molecule has 5 aromatic rings. The van der Waals surface area contributed by atoms with E-state index in [2.05, 4.69) is 84.9 Å². The largest absolute Gasteiger partial charge is 0.490 e. The molecule has 0 radical (unpaired) electrons. The normalized spacial score (nSPS) is 12.4. The molecular formula is C34H28O3S. The van der Waals surface area contributed by atoms with E-state index >= 15 is 0 Å². The van der Waals surface area contributed by atoms with Crippen LogP contribution in [0.1, 0.15) is 17.0 Å². The van der Waals surface area contributed by atoms with Gasteiger partial charge in [-0.05, 0) is 85.5 Å². The van der Waals surface area contributed by atoms with E-state index in [0.29, 0.717) is 6.61 Å². The fourth-order valence-electron chi connectivity index (χ4n) is 5.09. The zero-order valence-corrected chi connectivity index (χ0v) is 21.8. The predicted octanol–water partition coefficient (Wildman–Crippen LogP) is 7.90. The SMILES string of the molecule is O=C(OCCOc1ccc([SH](c2ccccc2)c2ccccc2)cc1)C1c2ccccc2-c2ccccc21. The van der Waals surface area contributed by atoms with Gasteiger partial charge in [0.2, 0.25) is 0 Å². The molecule has 0 atom stereocenters. The topological polar surface area (TPSA) is 35.5 Å². The van der Waals surface area contributed by atoms with E-state index in [1.807, 2.05) is 48.5 Å². The van der Waals surface area contributed by atoms with Crippen LogP contribution in [0, 0.1) is 0 Å². The van der Waals surface area contributed by atoms with Crippen molar-refractivity contribution in [1.82, 2.24) is 0 Å². The maximum atomic E-state index is 13.1. The van der Waals surface area contributed by atoms with Crippen molar-refractivity contribution in [2.75, 3.05) is 13.2 Å². The van der Waals surface area contributed by atoms with Gasteiger partial charge in [0.25, 0.3) is 0 Å². The third-order valence-corrected chi connectivity index (χ3v) is 9.23. The van der Waals surface area contributed by atoms with Gasteiger partial charge in [-0.25, -0.2) is 0 Å². The lowest BCUT2D eigenvalue weighted by Crippen LogP contribution is -2.18. The maximum absolute atomic E-state index is 13.1. The van der Waals surface area contributed by atoms with Gasteiger partial charge in [-0.15, -0.1) is 0 Å². The maximum Gasteiger partial charge on any atom is 0.318 e. The summed E-state index contributed by atoms with van der Waals surface area (Å²) < 4.78 is 11.6. The third kappa shape index (κ3) is 4.83. The number of carbonyl (C=O) groups excluding carboxylic acids is 1. The summed E-state index contributed by atoms with van der Waals surface area (Å²) in [5.41, 5.74) is 4.21. The van der Waals surface area contributed by atoms with E-state index in [-0.39, 0.29) is 12.6 Å². The van der Waals surface area contributed by atoms with Crippen LogP contribution >= 0.6 is 10.9 Å². The highest BCUT2D eigenvalue weighted by Gasteiger charge is 2.34. The molecular weight excluding hydrogens is 488 g/mol. The first-order valence-electron chi connectivity index (χ1n) is 12.8. The van der Waals surface area contributed by atoms with Gasteiger partial charge in [0, 0.05) is 0 Å². The molecule has 1 aliphatic carbocycles. The summed E-state index contributed by atoms with van der Waals surface area (Å²) in [4.78, 5) is 17.0. The lowest BCUT2D eigenvalue weighted by molar-refractivity contribution is -0.145. The molecule has 1 aliphatic rings. The predicted molar refractivity (Wildman–Crippen MR) is 153 cm³/mol. The Morgan fingerprint density at radius 1 is 0.553 bits per heavy atom. The van der Waals surface area contributed by atoms with Gasteiger partial charge in [-0.3, -0.25) is 4.79 Å². The van der Waals surface area contributed by atoms with Crippen LogP contribution in [0.4, 0.5) is 0 Å². The molecule has 5 aromatic carbocycles. The molecule has 0 spiro atoms. The number of hydrogen-bond donors (Lipinski definition) is 1. The molecule has 0 aromatic heterocycles. The number of rotatable bonds is 8. The number of ether oxygens (including phenoxy) is 2. The molecule has 3 nitrogen and oxygen atoms in total. The number of benzene rings is 5. The Morgan fingerprint density at radius 2 is 1.03 bits per heavy atom. The molecule has 4 heteroatoms. The third-order valence-electron chi connectivity index (χ3n) is 6.79. The zero-order valence-electron chi connectivity index (χ0n) is 20.9. The highest BCUT2D eigenvalue weighted by Crippen LogP contribution is 2.51. The van der Waals surface area contributed by atoms with Crippen LogP contribution in [0.15, 0.2) is 148 Å². The van der Waals surface area contributed by atoms with Crippen LogP contribution in [0.2, 0.25) is 0 Å². The summed E-state index contributed by atoms with van der Waals surface area (Å²) in [6.45, 7) is 0.495. The van der Waals surface area contributed by atoms with Crippen LogP contribution in [0.5, 0.6) is 5.75 Å². The quantitative estimate of drug-likeness (QED) is 0.129. The molecule has 0 bridgehead atoms. The molecule has 0 N–H and O–H groups in total. The molecule has 0 heterocycles. The summed E-state index contributed by atoms with van der Waals surface area (Å²) >= 11 is 0. The molecule has 0 saturated heterocycles. The summed E-state index contributed by atoms with van der Waals surface area (Å²) in [5.74, 6) is 0.132. The Balaban J connectivity index is 1.10. The molecule has 0 amide bonds. The van der Waals surface area contributed by atoms with Crippen molar-refractivity contribution in [2.24, 2.45) is 0 Å². The van der Waals surface area contributed by atoms with Crippen LogP contribution < -0.4 is 4.74 Å². The van der Waals surface area contributed by atoms with Crippen molar-refractivity contribution in [3.8, 4) is 16.9 Å². The number of esters is 1. The Kier molecular flexibility index (Phi) is 6.97. The number of carbonyl (C=O) groups is 1. The second kappa shape index (κ2) is 11.0. The van der Waals surface area contributed by atoms with E-state index in [1.165, 1.54) is 14.7 Å². The fraction of sp³-hybridized carbons (Fsp3) is 0.0882. The fourth-order valence-corrected chi connectivity index (χ4v) is 7.37.